The van der Waals surface area contributed by atoms with E-state index >= 15 is 0 Å². The molecule has 1 rings (SSSR count). The summed E-state index contributed by atoms with van der Waals surface area (Å²) in [5, 5.41) is 10.5. The number of nitrogens with one attached hydrogen (secondary N) is 1. The van der Waals surface area contributed by atoms with Crippen molar-refractivity contribution in [2.45, 2.75) is 19.3 Å². The van der Waals surface area contributed by atoms with Gasteiger partial charge < -0.3 is 10.4 Å². The van der Waals surface area contributed by atoms with Gasteiger partial charge in [0, 0.05) is 13.0 Å². The summed E-state index contributed by atoms with van der Waals surface area (Å²) in [4.78, 5) is 19.7. The van der Waals surface area contributed by atoms with E-state index < -0.39 is 5.97 Å². The SMILES string of the molecule is C=CCC(=O)O.O=C1CCCN1. The molecule has 2 N–H and O–H groups in total. The molecule has 68 valence electrons. The van der Waals surface area contributed by atoms with Crippen molar-refractivity contribution in [2.75, 3.05) is 6.54 Å². The summed E-state index contributed by atoms with van der Waals surface area (Å²) in [5.74, 6) is -0.625. The molecule has 1 heterocycles. The Kier molecular flexibility index (Phi) is 5.69. The summed E-state index contributed by atoms with van der Waals surface area (Å²) in [5.41, 5.74) is 0. The lowest BCUT2D eigenvalue weighted by molar-refractivity contribution is -0.136. The van der Waals surface area contributed by atoms with Gasteiger partial charge in [-0.25, -0.2) is 0 Å². The quantitative estimate of drug-likeness (QED) is 0.596. The van der Waals surface area contributed by atoms with Gasteiger partial charge in [-0.1, -0.05) is 6.08 Å². The van der Waals surface area contributed by atoms with Gasteiger partial charge in [0.15, 0.2) is 0 Å². The zero-order valence-electron chi connectivity index (χ0n) is 6.88. The molecule has 4 nitrogen and oxygen atoms in total. The van der Waals surface area contributed by atoms with Gasteiger partial charge in [0.25, 0.3) is 0 Å². The zero-order chi connectivity index (χ0) is 9.40. The van der Waals surface area contributed by atoms with Crippen LogP contribution in [0.5, 0.6) is 0 Å². The molecule has 0 aliphatic carbocycles. The fourth-order valence-corrected chi connectivity index (χ4v) is 0.689. The number of hydrogen-bond acceptors (Lipinski definition) is 2. The summed E-state index contributed by atoms with van der Waals surface area (Å²) < 4.78 is 0. The number of carbonyl (C=O) groups excluding carboxylic acids is 1. The van der Waals surface area contributed by atoms with Crippen LogP contribution < -0.4 is 5.32 Å². The normalized spacial score (nSPS) is 14.2. The van der Waals surface area contributed by atoms with Crippen LogP contribution in [-0.4, -0.2) is 23.5 Å². The van der Waals surface area contributed by atoms with E-state index in [1.165, 1.54) is 6.08 Å². The molecule has 0 saturated carbocycles. The fraction of sp³-hybridized carbons (Fsp3) is 0.500. The van der Waals surface area contributed by atoms with Crippen molar-refractivity contribution in [3.63, 3.8) is 0 Å². The molecule has 1 fully saturated rings. The van der Waals surface area contributed by atoms with Crippen LogP contribution in [-0.2, 0) is 9.59 Å². The molecule has 0 bridgehead atoms. The van der Waals surface area contributed by atoms with Gasteiger partial charge in [0.05, 0.1) is 6.42 Å². The highest BCUT2D eigenvalue weighted by molar-refractivity contribution is 5.77. The maximum absolute atomic E-state index is 10.1. The van der Waals surface area contributed by atoms with Gasteiger partial charge in [0.1, 0.15) is 0 Å². The van der Waals surface area contributed by atoms with Crippen molar-refractivity contribution >= 4 is 11.9 Å². The van der Waals surface area contributed by atoms with Gasteiger partial charge in [-0.3, -0.25) is 9.59 Å². The summed E-state index contributed by atoms with van der Waals surface area (Å²) in [6.45, 7) is 4.11. The first-order valence-corrected chi connectivity index (χ1v) is 3.76. The first kappa shape index (κ1) is 10.7. The minimum atomic E-state index is -0.829. The Bertz CT molecular complexity index is 169. The van der Waals surface area contributed by atoms with Crippen molar-refractivity contribution < 1.29 is 14.7 Å². The molecule has 4 heteroatoms. The first-order valence-electron chi connectivity index (χ1n) is 3.76. The Balaban J connectivity index is 0.000000202. The fourth-order valence-electron chi connectivity index (χ4n) is 0.689. The minimum Gasteiger partial charge on any atom is -0.481 e. The lowest BCUT2D eigenvalue weighted by atomic mass is 10.4. The van der Waals surface area contributed by atoms with Gasteiger partial charge in [-0.15, -0.1) is 6.58 Å². The highest BCUT2D eigenvalue weighted by Gasteiger charge is 2.05. The third-order valence-corrected chi connectivity index (χ3v) is 1.22. The monoisotopic (exact) mass is 171 g/mol. The van der Waals surface area contributed by atoms with E-state index in [0.717, 1.165) is 19.4 Å². The van der Waals surface area contributed by atoms with Gasteiger partial charge >= 0.3 is 5.97 Å². The lowest BCUT2D eigenvalue weighted by Gasteiger charge is -1.80. The van der Waals surface area contributed by atoms with Crippen LogP contribution in [0, 0.1) is 0 Å². The Morgan fingerprint density at radius 3 is 2.50 bits per heavy atom. The molecular formula is C8H13NO3. The summed E-state index contributed by atoms with van der Waals surface area (Å²) in [6, 6.07) is 0. The second kappa shape index (κ2) is 6.39. The predicted octanol–water partition coefficient (Wildman–Crippen LogP) is 0.543. The standard InChI is InChI=1S/C4H7NO.C4H6O2/c6-4-2-1-3-5-4;1-2-3-4(5)6/h1-3H2,(H,5,6);2H,1,3H2,(H,5,6). The molecule has 1 aliphatic rings. The molecule has 1 amide bonds. The second-order valence-corrected chi connectivity index (χ2v) is 2.34. The highest BCUT2D eigenvalue weighted by Crippen LogP contribution is 1.93. The van der Waals surface area contributed by atoms with Gasteiger partial charge in [-0.2, -0.15) is 0 Å². The van der Waals surface area contributed by atoms with E-state index in [1.54, 1.807) is 0 Å². The largest absolute Gasteiger partial charge is 0.481 e. The number of carbonyl (C=O) groups is 2. The molecule has 0 radical (unpaired) electrons. The maximum Gasteiger partial charge on any atom is 0.307 e. The van der Waals surface area contributed by atoms with Gasteiger partial charge in [0.2, 0.25) is 5.91 Å². The molecule has 0 spiro atoms. The van der Waals surface area contributed by atoms with Gasteiger partial charge in [-0.05, 0) is 6.42 Å². The third-order valence-electron chi connectivity index (χ3n) is 1.22. The molecule has 1 saturated heterocycles. The second-order valence-electron chi connectivity index (χ2n) is 2.34. The Morgan fingerprint density at radius 2 is 2.42 bits per heavy atom. The van der Waals surface area contributed by atoms with Crippen LogP contribution in [0.2, 0.25) is 0 Å². The van der Waals surface area contributed by atoms with Crippen molar-refractivity contribution in [3.8, 4) is 0 Å². The topological polar surface area (TPSA) is 66.4 Å². The van der Waals surface area contributed by atoms with Crippen LogP contribution in [0.25, 0.3) is 0 Å². The molecule has 0 aromatic rings. The van der Waals surface area contributed by atoms with E-state index in [0.29, 0.717) is 0 Å². The molecule has 0 aromatic carbocycles. The zero-order valence-corrected chi connectivity index (χ0v) is 6.88. The van der Waals surface area contributed by atoms with E-state index in [4.69, 9.17) is 5.11 Å². The average Bonchev–Trinajstić information content (AvgIpc) is 2.40. The minimum absolute atomic E-state index is 0.0556. The average molecular weight is 171 g/mol. The van der Waals surface area contributed by atoms with E-state index in [1.807, 2.05) is 0 Å². The summed E-state index contributed by atoms with van der Waals surface area (Å²) >= 11 is 0. The number of carboxylic acids is 1. The lowest BCUT2D eigenvalue weighted by Crippen LogP contribution is -2.12. The van der Waals surface area contributed by atoms with Crippen LogP contribution in [0.4, 0.5) is 0 Å². The van der Waals surface area contributed by atoms with E-state index in [-0.39, 0.29) is 12.3 Å². The molecule has 0 atom stereocenters. The first-order chi connectivity index (χ1) is 5.66. The maximum atomic E-state index is 10.1. The summed E-state index contributed by atoms with van der Waals surface area (Å²) in [7, 11) is 0. The Morgan fingerprint density at radius 1 is 1.75 bits per heavy atom. The Hall–Kier alpha value is -1.32. The molecular weight excluding hydrogens is 158 g/mol. The summed E-state index contributed by atoms with van der Waals surface area (Å²) in [6.07, 6.45) is 3.17. The smallest absolute Gasteiger partial charge is 0.307 e. The van der Waals surface area contributed by atoms with E-state index in [2.05, 4.69) is 11.9 Å². The number of aliphatic carboxylic acids is 1. The van der Waals surface area contributed by atoms with Crippen molar-refractivity contribution in [1.29, 1.82) is 0 Å². The number of amides is 1. The molecule has 0 aromatic heterocycles. The Labute approximate surface area is 71.3 Å². The van der Waals surface area contributed by atoms with E-state index in [9.17, 15) is 9.59 Å². The van der Waals surface area contributed by atoms with Crippen molar-refractivity contribution in [2.24, 2.45) is 0 Å². The van der Waals surface area contributed by atoms with Crippen molar-refractivity contribution in [1.82, 2.24) is 5.32 Å². The predicted molar refractivity (Wildman–Crippen MR) is 44.7 cm³/mol. The van der Waals surface area contributed by atoms with Crippen LogP contribution >= 0.6 is 0 Å². The number of rotatable bonds is 2. The highest BCUT2D eigenvalue weighted by atomic mass is 16.4. The molecule has 1 aliphatic heterocycles. The molecule has 12 heavy (non-hydrogen) atoms. The number of carboxylic acid groups (broad SMARTS) is 1. The third kappa shape index (κ3) is 6.80. The molecule has 0 unspecified atom stereocenters. The van der Waals surface area contributed by atoms with Crippen LogP contribution in [0.15, 0.2) is 12.7 Å². The van der Waals surface area contributed by atoms with Crippen LogP contribution in [0.3, 0.4) is 0 Å². The van der Waals surface area contributed by atoms with Crippen LogP contribution in [0.1, 0.15) is 19.3 Å². The van der Waals surface area contributed by atoms with Crippen molar-refractivity contribution in [3.05, 3.63) is 12.7 Å². The number of hydrogen-bond donors (Lipinski definition) is 2.